The van der Waals surface area contributed by atoms with Gasteiger partial charge in [-0.15, -0.1) is 0 Å². The molecule has 0 aliphatic carbocycles. The van der Waals surface area contributed by atoms with E-state index in [0.29, 0.717) is 6.54 Å². The molecule has 4 N–H and O–H groups in total. The van der Waals surface area contributed by atoms with Crippen LogP contribution in [-0.4, -0.2) is 11.0 Å². The van der Waals surface area contributed by atoms with Crippen molar-refractivity contribution in [2.75, 3.05) is 0 Å². The Morgan fingerprint density at radius 3 is 2.50 bits per heavy atom. The molecule has 20 heavy (non-hydrogen) atoms. The number of rotatable bonds is 5. The van der Waals surface area contributed by atoms with Crippen LogP contribution in [0.3, 0.4) is 0 Å². The van der Waals surface area contributed by atoms with Crippen molar-refractivity contribution in [1.29, 1.82) is 0 Å². The third kappa shape index (κ3) is 3.82. The van der Waals surface area contributed by atoms with Gasteiger partial charge in [-0.3, -0.25) is 0 Å². The fourth-order valence-corrected chi connectivity index (χ4v) is 2.19. The number of nitrogens with one attached hydrogen (secondary N) is 1. The van der Waals surface area contributed by atoms with E-state index in [-0.39, 0.29) is 5.84 Å². The fraction of sp³-hybridized carbons (Fsp3) is 0.133. The summed E-state index contributed by atoms with van der Waals surface area (Å²) in [5.74, 6) is 0.131. The van der Waals surface area contributed by atoms with Crippen LogP contribution in [0.15, 0.2) is 58.2 Å². The zero-order chi connectivity index (χ0) is 14.4. The third-order valence-corrected chi connectivity index (χ3v) is 3.49. The van der Waals surface area contributed by atoms with Crippen molar-refractivity contribution >= 4 is 21.8 Å². The molecule has 2 aromatic carbocycles. The summed E-state index contributed by atoms with van der Waals surface area (Å²) in [4.78, 5) is 0. The maximum Gasteiger partial charge on any atom is 0.170 e. The molecule has 0 aromatic heterocycles. The van der Waals surface area contributed by atoms with Gasteiger partial charge < -0.3 is 16.3 Å². The highest BCUT2D eigenvalue weighted by Crippen LogP contribution is 2.11. The molecule has 0 amide bonds. The van der Waals surface area contributed by atoms with Crippen molar-refractivity contribution in [3.8, 4) is 0 Å². The molecule has 0 saturated carbocycles. The van der Waals surface area contributed by atoms with E-state index in [2.05, 4.69) is 38.5 Å². The van der Waals surface area contributed by atoms with Crippen molar-refractivity contribution in [3.63, 3.8) is 0 Å². The van der Waals surface area contributed by atoms with Crippen molar-refractivity contribution < 1.29 is 5.21 Å². The maximum atomic E-state index is 8.78. The number of nitrogens with zero attached hydrogens (tertiary/aromatic N) is 1. The molecule has 2 rings (SSSR count). The first-order chi connectivity index (χ1) is 9.70. The molecule has 0 fully saturated rings. The molecule has 0 aliphatic rings. The van der Waals surface area contributed by atoms with Gasteiger partial charge in [0, 0.05) is 23.1 Å². The average molecular weight is 334 g/mol. The largest absolute Gasteiger partial charge is 0.409 e. The molecular formula is C15H16BrN3O. The molecule has 0 aliphatic heterocycles. The van der Waals surface area contributed by atoms with Gasteiger partial charge in [-0.25, -0.2) is 0 Å². The predicted octanol–water partition coefficient (Wildman–Crippen LogP) is 2.83. The number of benzene rings is 2. The predicted molar refractivity (Wildman–Crippen MR) is 83.6 cm³/mol. The number of nitrogens with two attached hydrogens (primary N) is 1. The highest BCUT2D eigenvalue weighted by Gasteiger charge is 2.05. The van der Waals surface area contributed by atoms with Gasteiger partial charge in [0.25, 0.3) is 0 Å². The van der Waals surface area contributed by atoms with Gasteiger partial charge in [-0.05, 0) is 23.3 Å². The summed E-state index contributed by atoms with van der Waals surface area (Å²) in [5.41, 5.74) is 8.61. The first kappa shape index (κ1) is 14.6. The lowest BCUT2D eigenvalue weighted by Gasteiger charge is -2.09. The number of oxime groups is 1. The first-order valence-corrected chi connectivity index (χ1v) is 7.01. The van der Waals surface area contributed by atoms with Crippen LogP contribution >= 0.6 is 15.9 Å². The summed E-state index contributed by atoms with van der Waals surface area (Å²) >= 11 is 3.41. The van der Waals surface area contributed by atoms with Gasteiger partial charge in [-0.1, -0.05) is 57.5 Å². The molecule has 0 spiro atoms. The minimum absolute atomic E-state index is 0.131. The molecule has 0 radical (unpaired) electrons. The van der Waals surface area contributed by atoms with Crippen molar-refractivity contribution in [3.05, 3.63) is 69.7 Å². The van der Waals surface area contributed by atoms with E-state index in [4.69, 9.17) is 10.9 Å². The second-order valence-corrected chi connectivity index (χ2v) is 5.29. The van der Waals surface area contributed by atoms with Crippen LogP contribution in [0.2, 0.25) is 0 Å². The highest BCUT2D eigenvalue weighted by molar-refractivity contribution is 9.10. The molecule has 0 bridgehead atoms. The van der Waals surface area contributed by atoms with Gasteiger partial charge in [0.05, 0.1) is 0 Å². The second kappa shape index (κ2) is 7.07. The Bertz CT molecular complexity index is 596. The highest BCUT2D eigenvalue weighted by atomic mass is 79.9. The molecule has 4 nitrogen and oxygen atoms in total. The van der Waals surface area contributed by atoms with Crippen LogP contribution in [0.1, 0.15) is 16.7 Å². The topological polar surface area (TPSA) is 70.6 Å². The number of halogens is 1. The van der Waals surface area contributed by atoms with Crippen LogP contribution in [0, 0.1) is 0 Å². The van der Waals surface area contributed by atoms with Gasteiger partial charge >= 0.3 is 0 Å². The van der Waals surface area contributed by atoms with E-state index in [1.165, 1.54) is 5.56 Å². The average Bonchev–Trinajstić information content (AvgIpc) is 2.49. The van der Waals surface area contributed by atoms with Crippen LogP contribution in [0.25, 0.3) is 0 Å². The van der Waals surface area contributed by atoms with Gasteiger partial charge in [0.15, 0.2) is 5.84 Å². The van der Waals surface area contributed by atoms with E-state index in [0.717, 1.165) is 22.1 Å². The van der Waals surface area contributed by atoms with Crippen LogP contribution in [0.4, 0.5) is 0 Å². The van der Waals surface area contributed by atoms with E-state index >= 15 is 0 Å². The normalized spacial score (nSPS) is 11.6. The second-order valence-electron chi connectivity index (χ2n) is 4.37. The Labute approximate surface area is 126 Å². The van der Waals surface area contributed by atoms with Gasteiger partial charge in [0.1, 0.15) is 0 Å². The first-order valence-electron chi connectivity index (χ1n) is 6.21. The van der Waals surface area contributed by atoms with Crippen LogP contribution in [-0.2, 0) is 13.1 Å². The van der Waals surface area contributed by atoms with Crippen LogP contribution in [0.5, 0.6) is 0 Å². The quantitative estimate of drug-likeness (QED) is 0.341. The monoisotopic (exact) mass is 333 g/mol. The van der Waals surface area contributed by atoms with Crippen molar-refractivity contribution in [2.45, 2.75) is 13.1 Å². The lowest BCUT2D eigenvalue weighted by Crippen LogP contribution is -2.19. The fourth-order valence-electron chi connectivity index (χ4n) is 1.92. The molecular weight excluding hydrogens is 318 g/mol. The lowest BCUT2D eigenvalue weighted by molar-refractivity contribution is 0.318. The lowest BCUT2D eigenvalue weighted by atomic mass is 10.1. The maximum absolute atomic E-state index is 8.78. The van der Waals surface area contributed by atoms with Gasteiger partial charge in [-0.2, -0.15) is 0 Å². The zero-order valence-electron chi connectivity index (χ0n) is 10.9. The molecule has 0 atom stereocenters. The van der Waals surface area contributed by atoms with Crippen LogP contribution < -0.4 is 11.1 Å². The Morgan fingerprint density at radius 1 is 1.10 bits per heavy atom. The SMILES string of the molecule is NC(=NO)c1ccccc1CNCc1ccc(Br)cc1. The summed E-state index contributed by atoms with van der Waals surface area (Å²) in [7, 11) is 0. The van der Waals surface area contributed by atoms with Crippen molar-refractivity contribution in [2.24, 2.45) is 10.9 Å². The molecule has 0 saturated heterocycles. The molecule has 5 heteroatoms. The minimum atomic E-state index is 0.131. The van der Waals surface area contributed by atoms with E-state index in [9.17, 15) is 0 Å². The van der Waals surface area contributed by atoms with Gasteiger partial charge in [0.2, 0.25) is 0 Å². The van der Waals surface area contributed by atoms with E-state index in [1.807, 2.05) is 36.4 Å². The van der Waals surface area contributed by atoms with E-state index in [1.54, 1.807) is 0 Å². The zero-order valence-corrected chi connectivity index (χ0v) is 12.5. The van der Waals surface area contributed by atoms with E-state index < -0.39 is 0 Å². The minimum Gasteiger partial charge on any atom is -0.409 e. The summed E-state index contributed by atoms with van der Waals surface area (Å²) in [5, 5.41) is 15.2. The summed E-state index contributed by atoms with van der Waals surface area (Å²) < 4.78 is 1.07. The Balaban J connectivity index is 1.99. The van der Waals surface area contributed by atoms with Crippen molar-refractivity contribution in [1.82, 2.24) is 5.32 Å². The number of hydrogen-bond donors (Lipinski definition) is 3. The summed E-state index contributed by atoms with van der Waals surface area (Å²) in [6.07, 6.45) is 0. The molecule has 2 aromatic rings. The molecule has 0 heterocycles. The summed E-state index contributed by atoms with van der Waals surface area (Å²) in [6, 6.07) is 15.8. The Kier molecular flexibility index (Phi) is 5.15. The number of hydrogen-bond acceptors (Lipinski definition) is 3. The standard InChI is InChI=1S/C15H16BrN3O/c16-13-7-5-11(6-8-13)9-18-10-12-3-1-2-4-14(12)15(17)19-20/h1-8,18,20H,9-10H2,(H2,17,19). The number of amidine groups is 1. The molecule has 0 unspecified atom stereocenters. The molecule has 104 valence electrons. The smallest absolute Gasteiger partial charge is 0.170 e. The Morgan fingerprint density at radius 2 is 1.80 bits per heavy atom. The Hall–Kier alpha value is -1.85. The third-order valence-electron chi connectivity index (χ3n) is 2.96. The summed E-state index contributed by atoms with van der Waals surface area (Å²) in [6.45, 7) is 1.42.